The quantitative estimate of drug-likeness (QED) is 0.597. The molecule has 3 rings (SSSR count). The molecule has 0 unspecified atom stereocenters. The van der Waals surface area contributed by atoms with Gasteiger partial charge in [-0.2, -0.15) is 4.98 Å². The predicted molar refractivity (Wildman–Crippen MR) is 106 cm³/mol. The molecule has 0 spiro atoms. The van der Waals surface area contributed by atoms with Gasteiger partial charge < -0.3 is 10.6 Å². The van der Waals surface area contributed by atoms with E-state index in [1.807, 2.05) is 39.0 Å². The van der Waals surface area contributed by atoms with Crippen molar-refractivity contribution >= 4 is 33.4 Å². The van der Waals surface area contributed by atoms with Crippen LogP contribution in [0.15, 0.2) is 53.1 Å². The summed E-state index contributed by atoms with van der Waals surface area (Å²) in [7, 11) is 0. The van der Waals surface area contributed by atoms with Crippen LogP contribution in [0.5, 0.6) is 0 Å². The van der Waals surface area contributed by atoms with Gasteiger partial charge in [0.05, 0.1) is 17.1 Å². The molecule has 0 atom stereocenters. The van der Waals surface area contributed by atoms with Gasteiger partial charge >= 0.3 is 0 Å². The number of halogens is 2. The molecular weight excluding hydrogens is 397 g/mol. The van der Waals surface area contributed by atoms with Crippen LogP contribution in [0.25, 0.3) is 11.4 Å². The largest absolute Gasteiger partial charge is 0.350 e. The van der Waals surface area contributed by atoms with Gasteiger partial charge in [0, 0.05) is 22.3 Å². The fourth-order valence-corrected chi connectivity index (χ4v) is 2.61. The van der Waals surface area contributed by atoms with E-state index in [1.54, 1.807) is 24.4 Å². The summed E-state index contributed by atoms with van der Waals surface area (Å²) in [6.07, 6.45) is 1.70. The molecule has 1 aromatic carbocycles. The molecule has 7 heteroatoms. The first-order valence-electron chi connectivity index (χ1n) is 8.11. The smallest absolute Gasteiger partial charge is 0.225 e. The van der Waals surface area contributed by atoms with E-state index in [2.05, 4.69) is 41.5 Å². The fraction of sp³-hybridized carbons (Fsp3) is 0.211. The molecule has 2 aromatic heterocycles. The van der Waals surface area contributed by atoms with E-state index in [1.165, 1.54) is 6.07 Å². The van der Waals surface area contributed by atoms with E-state index in [-0.39, 0.29) is 11.4 Å². The molecule has 134 valence electrons. The third kappa shape index (κ3) is 4.76. The van der Waals surface area contributed by atoms with E-state index in [9.17, 15) is 4.39 Å². The monoisotopic (exact) mass is 415 g/mol. The van der Waals surface area contributed by atoms with Crippen LogP contribution in [0, 0.1) is 5.82 Å². The first kappa shape index (κ1) is 18.3. The van der Waals surface area contributed by atoms with Gasteiger partial charge in [-0.15, -0.1) is 0 Å². The van der Waals surface area contributed by atoms with Crippen LogP contribution in [-0.2, 0) is 0 Å². The molecule has 0 saturated carbocycles. The molecule has 0 amide bonds. The van der Waals surface area contributed by atoms with Crippen molar-refractivity contribution in [2.75, 3.05) is 10.6 Å². The normalized spacial score (nSPS) is 11.3. The number of nitrogens with zero attached hydrogens (tertiary/aromatic N) is 3. The van der Waals surface area contributed by atoms with E-state index in [4.69, 9.17) is 0 Å². The van der Waals surface area contributed by atoms with Gasteiger partial charge in [0.1, 0.15) is 11.6 Å². The Labute approximate surface area is 160 Å². The third-order valence-electron chi connectivity index (χ3n) is 3.33. The molecule has 0 aliphatic heterocycles. The maximum Gasteiger partial charge on any atom is 0.225 e. The lowest BCUT2D eigenvalue weighted by Crippen LogP contribution is -2.27. The van der Waals surface area contributed by atoms with E-state index in [0.29, 0.717) is 33.3 Å². The molecule has 2 N–H and O–H groups in total. The van der Waals surface area contributed by atoms with E-state index < -0.39 is 0 Å². The Bertz CT molecular complexity index is 910. The minimum atomic E-state index is -0.372. The first-order chi connectivity index (χ1) is 12.3. The first-order valence-corrected chi connectivity index (χ1v) is 8.90. The Hall–Kier alpha value is -2.54. The average Bonchev–Trinajstić information content (AvgIpc) is 2.56. The van der Waals surface area contributed by atoms with Crippen LogP contribution in [0.3, 0.4) is 0 Å². The zero-order chi connectivity index (χ0) is 18.7. The van der Waals surface area contributed by atoms with Gasteiger partial charge in [-0.1, -0.05) is 22.0 Å². The van der Waals surface area contributed by atoms with Crippen molar-refractivity contribution in [3.8, 4) is 11.4 Å². The van der Waals surface area contributed by atoms with Gasteiger partial charge in [-0.25, -0.2) is 9.37 Å². The number of anilines is 3. The Morgan fingerprint density at radius 3 is 2.46 bits per heavy atom. The maximum absolute atomic E-state index is 14.2. The van der Waals surface area contributed by atoms with E-state index in [0.717, 1.165) is 0 Å². The summed E-state index contributed by atoms with van der Waals surface area (Å²) in [6, 6.07) is 12.2. The number of benzene rings is 1. The Balaban J connectivity index is 2.01. The second-order valence-electron chi connectivity index (χ2n) is 6.80. The zero-order valence-electron chi connectivity index (χ0n) is 14.7. The molecule has 0 fully saturated rings. The number of hydrogen-bond acceptors (Lipinski definition) is 5. The average molecular weight is 416 g/mol. The van der Waals surface area contributed by atoms with Crippen molar-refractivity contribution in [2.45, 2.75) is 26.3 Å². The molecule has 0 bridgehead atoms. The summed E-state index contributed by atoms with van der Waals surface area (Å²) in [4.78, 5) is 13.3. The third-order valence-corrected chi connectivity index (χ3v) is 3.83. The number of aromatic nitrogens is 3. The van der Waals surface area contributed by atoms with Gasteiger partial charge in [-0.05, 0) is 51.1 Å². The molecule has 5 nitrogen and oxygen atoms in total. The fourth-order valence-electron chi connectivity index (χ4n) is 2.28. The van der Waals surface area contributed by atoms with Crippen molar-refractivity contribution in [2.24, 2.45) is 0 Å². The highest BCUT2D eigenvalue weighted by molar-refractivity contribution is 9.10. The second kappa shape index (κ2) is 7.37. The standard InChI is InChI=1S/C19H19BrFN5/c1-19(2,3)26-18-24-16(15-6-4-5-9-22-15)11-17(25-18)23-14-8-7-12(20)10-13(14)21/h4-11H,1-3H3,(H2,23,24,25,26). The second-order valence-corrected chi connectivity index (χ2v) is 7.72. The van der Waals surface area contributed by atoms with Crippen LogP contribution in [0.1, 0.15) is 20.8 Å². The molecule has 0 saturated heterocycles. The SMILES string of the molecule is CC(C)(C)Nc1nc(Nc2ccc(Br)cc2F)cc(-c2ccccn2)n1. The Morgan fingerprint density at radius 1 is 1.00 bits per heavy atom. The summed E-state index contributed by atoms with van der Waals surface area (Å²) >= 11 is 3.26. The van der Waals surface area contributed by atoms with Gasteiger partial charge in [-0.3, -0.25) is 4.98 Å². The van der Waals surface area contributed by atoms with Crippen molar-refractivity contribution in [1.82, 2.24) is 15.0 Å². The Kier molecular flexibility index (Phi) is 5.18. The highest BCUT2D eigenvalue weighted by Crippen LogP contribution is 2.26. The topological polar surface area (TPSA) is 62.7 Å². The highest BCUT2D eigenvalue weighted by Gasteiger charge is 2.15. The molecule has 0 aliphatic rings. The number of hydrogen-bond donors (Lipinski definition) is 2. The van der Waals surface area contributed by atoms with Crippen LogP contribution in [0.2, 0.25) is 0 Å². The molecule has 0 radical (unpaired) electrons. The van der Waals surface area contributed by atoms with Crippen LogP contribution >= 0.6 is 15.9 Å². The molecule has 26 heavy (non-hydrogen) atoms. The van der Waals surface area contributed by atoms with Crippen LogP contribution in [-0.4, -0.2) is 20.5 Å². The molecule has 0 aliphatic carbocycles. The molecule has 2 heterocycles. The Morgan fingerprint density at radius 2 is 1.81 bits per heavy atom. The summed E-state index contributed by atoms with van der Waals surface area (Å²) in [5.41, 5.74) is 1.47. The van der Waals surface area contributed by atoms with Crippen molar-refractivity contribution in [3.05, 3.63) is 59.0 Å². The predicted octanol–water partition coefficient (Wildman–Crippen LogP) is 5.39. The minimum Gasteiger partial charge on any atom is -0.350 e. The maximum atomic E-state index is 14.2. The summed E-state index contributed by atoms with van der Waals surface area (Å²) in [6.45, 7) is 6.06. The minimum absolute atomic E-state index is 0.219. The van der Waals surface area contributed by atoms with Crippen LogP contribution < -0.4 is 10.6 Å². The zero-order valence-corrected chi connectivity index (χ0v) is 16.3. The molecule has 3 aromatic rings. The summed E-state index contributed by atoms with van der Waals surface area (Å²) in [5.74, 6) is 0.553. The highest BCUT2D eigenvalue weighted by atomic mass is 79.9. The number of rotatable bonds is 4. The van der Waals surface area contributed by atoms with Crippen molar-refractivity contribution in [1.29, 1.82) is 0 Å². The summed E-state index contributed by atoms with van der Waals surface area (Å²) in [5, 5.41) is 6.27. The van der Waals surface area contributed by atoms with Gasteiger partial charge in [0.2, 0.25) is 5.95 Å². The van der Waals surface area contributed by atoms with Gasteiger partial charge in [0.15, 0.2) is 0 Å². The molecular formula is C19H19BrFN5. The van der Waals surface area contributed by atoms with Gasteiger partial charge in [0.25, 0.3) is 0 Å². The van der Waals surface area contributed by atoms with Crippen molar-refractivity contribution < 1.29 is 4.39 Å². The lowest BCUT2D eigenvalue weighted by Gasteiger charge is -2.21. The lowest BCUT2D eigenvalue weighted by atomic mass is 10.1. The number of nitrogens with one attached hydrogen (secondary N) is 2. The van der Waals surface area contributed by atoms with Crippen molar-refractivity contribution in [3.63, 3.8) is 0 Å². The lowest BCUT2D eigenvalue weighted by molar-refractivity contribution is 0.625. The van der Waals surface area contributed by atoms with Crippen LogP contribution in [0.4, 0.5) is 21.8 Å². The van der Waals surface area contributed by atoms with E-state index >= 15 is 0 Å². The number of pyridine rings is 1. The summed E-state index contributed by atoms with van der Waals surface area (Å²) < 4.78 is 14.8.